The van der Waals surface area contributed by atoms with E-state index < -0.39 is 0 Å². The van der Waals surface area contributed by atoms with Gasteiger partial charge in [-0.3, -0.25) is 19.6 Å². The zero-order valence-electron chi connectivity index (χ0n) is 17.2. The number of nitrogens with one attached hydrogen (secondary N) is 2. The first-order valence-corrected chi connectivity index (χ1v) is 10.8. The molecule has 2 N–H and O–H groups in total. The number of carbonyl (C=O) groups is 2. The third kappa shape index (κ3) is 4.24. The SMILES string of the molecule is Cc1n[nH]c(C)c1CNC(=O)[C@@H]1CCCN(C2CCN(C(=O)C3CC3)CC2)C1. The molecule has 7 nitrogen and oxygen atoms in total. The monoisotopic (exact) mass is 387 g/mol. The van der Waals surface area contributed by atoms with E-state index in [0.29, 0.717) is 24.4 Å². The molecule has 0 aromatic carbocycles. The summed E-state index contributed by atoms with van der Waals surface area (Å²) in [6.45, 7) is 8.18. The van der Waals surface area contributed by atoms with Crippen LogP contribution in [0.25, 0.3) is 0 Å². The second-order valence-electron chi connectivity index (χ2n) is 8.80. The summed E-state index contributed by atoms with van der Waals surface area (Å²) in [4.78, 5) is 29.6. The molecule has 2 amide bonds. The molecule has 2 saturated heterocycles. The fourth-order valence-corrected chi connectivity index (χ4v) is 4.75. The lowest BCUT2D eigenvalue weighted by Gasteiger charge is -2.42. The maximum absolute atomic E-state index is 12.7. The number of likely N-dealkylation sites (tertiary alicyclic amines) is 2. The average Bonchev–Trinajstić information content (AvgIpc) is 3.52. The number of nitrogens with zero attached hydrogens (tertiary/aromatic N) is 3. The minimum absolute atomic E-state index is 0.0624. The van der Waals surface area contributed by atoms with Crippen molar-refractivity contribution < 1.29 is 9.59 Å². The molecule has 3 aliphatic rings. The van der Waals surface area contributed by atoms with Crippen molar-refractivity contribution in [2.45, 2.75) is 65.0 Å². The van der Waals surface area contributed by atoms with Crippen LogP contribution in [0.1, 0.15) is 55.5 Å². The normalized spacial score (nSPS) is 24.4. The molecule has 0 bridgehead atoms. The molecular formula is C21H33N5O2. The molecule has 1 atom stereocenters. The van der Waals surface area contributed by atoms with Gasteiger partial charge in [0.1, 0.15) is 0 Å². The molecular weight excluding hydrogens is 354 g/mol. The smallest absolute Gasteiger partial charge is 0.225 e. The van der Waals surface area contributed by atoms with Gasteiger partial charge in [0.05, 0.1) is 11.6 Å². The standard InChI is InChI=1S/C21H33N5O2/c1-14-19(15(2)24-23-14)12-22-20(27)17-4-3-9-26(13-17)18-7-10-25(11-8-18)21(28)16-5-6-16/h16-18H,3-13H2,1-2H3,(H,22,27)(H,23,24)/t17-/m1/s1. The molecule has 2 aliphatic heterocycles. The number of rotatable bonds is 5. The summed E-state index contributed by atoms with van der Waals surface area (Å²) in [6, 6.07) is 0.511. The molecule has 3 heterocycles. The summed E-state index contributed by atoms with van der Waals surface area (Å²) < 4.78 is 0. The number of aromatic nitrogens is 2. The van der Waals surface area contributed by atoms with Crippen molar-refractivity contribution in [1.29, 1.82) is 0 Å². The van der Waals surface area contributed by atoms with Crippen molar-refractivity contribution in [2.75, 3.05) is 26.2 Å². The Morgan fingerprint density at radius 1 is 1.07 bits per heavy atom. The molecule has 0 radical (unpaired) electrons. The van der Waals surface area contributed by atoms with Crippen LogP contribution in [0.4, 0.5) is 0 Å². The molecule has 1 aliphatic carbocycles. The van der Waals surface area contributed by atoms with Crippen LogP contribution < -0.4 is 5.32 Å². The van der Waals surface area contributed by atoms with Gasteiger partial charge in [-0.1, -0.05) is 0 Å². The first kappa shape index (κ1) is 19.4. The van der Waals surface area contributed by atoms with Crippen LogP contribution in [-0.4, -0.2) is 64.0 Å². The molecule has 1 saturated carbocycles. The Kier molecular flexibility index (Phi) is 5.71. The summed E-state index contributed by atoms with van der Waals surface area (Å²) in [6.07, 6.45) is 6.28. The number of carbonyl (C=O) groups excluding carboxylic acids is 2. The molecule has 154 valence electrons. The van der Waals surface area contributed by atoms with Crippen molar-refractivity contribution >= 4 is 11.8 Å². The van der Waals surface area contributed by atoms with Crippen LogP contribution in [0.5, 0.6) is 0 Å². The van der Waals surface area contributed by atoms with Gasteiger partial charge >= 0.3 is 0 Å². The van der Waals surface area contributed by atoms with E-state index in [9.17, 15) is 9.59 Å². The Morgan fingerprint density at radius 2 is 1.82 bits per heavy atom. The summed E-state index contributed by atoms with van der Waals surface area (Å²) in [5.74, 6) is 0.916. The van der Waals surface area contributed by atoms with Gasteiger partial charge in [0.2, 0.25) is 11.8 Å². The third-order valence-electron chi connectivity index (χ3n) is 6.76. The summed E-state index contributed by atoms with van der Waals surface area (Å²) in [5.41, 5.74) is 3.07. The zero-order chi connectivity index (χ0) is 19.7. The number of aromatic amines is 1. The van der Waals surface area contributed by atoms with E-state index in [1.54, 1.807) is 0 Å². The highest BCUT2D eigenvalue weighted by Gasteiger charge is 2.37. The van der Waals surface area contributed by atoms with Crippen molar-refractivity contribution in [3.05, 3.63) is 17.0 Å². The summed E-state index contributed by atoms with van der Waals surface area (Å²) >= 11 is 0. The van der Waals surface area contributed by atoms with Gasteiger partial charge in [-0.25, -0.2) is 0 Å². The number of piperidine rings is 2. The predicted octanol–water partition coefficient (Wildman–Crippen LogP) is 1.76. The van der Waals surface area contributed by atoms with E-state index in [-0.39, 0.29) is 11.8 Å². The Labute approximate surface area is 167 Å². The quantitative estimate of drug-likeness (QED) is 0.807. The van der Waals surface area contributed by atoms with Gasteiger partial charge in [-0.05, 0) is 58.9 Å². The summed E-state index contributed by atoms with van der Waals surface area (Å²) in [5, 5.41) is 10.3. The number of aryl methyl sites for hydroxylation is 2. The fourth-order valence-electron chi connectivity index (χ4n) is 4.75. The minimum Gasteiger partial charge on any atom is -0.352 e. The molecule has 1 aromatic heterocycles. The Bertz CT molecular complexity index is 699. The van der Waals surface area contributed by atoms with Crippen molar-refractivity contribution in [1.82, 2.24) is 25.3 Å². The Balaban J connectivity index is 1.26. The zero-order valence-corrected chi connectivity index (χ0v) is 17.2. The first-order valence-electron chi connectivity index (χ1n) is 10.8. The predicted molar refractivity (Wildman–Crippen MR) is 107 cm³/mol. The number of hydrogen-bond donors (Lipinski definition) is 2. The van der Waals surface area contributed by atoms with E-state index >= 15 is 0 Å². The summed E-state index contributed by atoms with van der Waals surface area (Å²) in [7, 11) is 0. The molecule has 7 heteroatoms. The van der Waals surface area contributed by atoms with Crippen LogP contribution in [-0.2, 0) is 16.1 Å². The molecule has 28 heavy (non-hydrogen) atoms. The molecule has 4 rings (SSSR count). The van der Waals surface area contributed by atoms with E-state index in [1.165, 1.54) is 0 Å². The van der Waals surface area contributed by atoms with Crippen LogP contribution in [0.15, 0.2) is 0 Å². The van der Waals surface area contributed by atoms with Gasteiger partial charge in [-0.2, -0.15) is 5.10 Å². The Hall–Kier alpha value is -1.89. The lowest BCUT2D eigenvalue weighted by Crippen LogP contribution is -2.51. The highest BCUT2D eigenvalue weighted by Crippen LogP contribution is 2.32. The van der Waals surface area contributed by atoms with Gasteiger partial charge in [0, 0.05) is 49.4 Å². The molecule has 0 unspecified atom stereocenters. The lowest BCUT2D eigenvalue weighted by atomic mass is 9.93. The highest BCUT2D eigenvalue weighted by atomic mass is 16.2. The van der Waals surface area contributed by atoms with Crippen molar-refractivity contribution in [3.63, 3.8) is 0 Å². The van der Waals surface area contributed by atoms with E-state index in [1.807, 2.05) is 13.8 Å². The first-order chi connectivity index (χ1) is 13.5. The minimum atomic E-state index is 0.0624. The second kappa shape index (κ2) is 8.23. The Morgan fingerprint density at radius 3 is 2.46 bits per heavy atom. The lowest BCUT2D eigenvalue weighted by molar-refractivity contribution is -0.134. The average molecular weight is 388 g/mol. The second-order valence-corrected chi connectivity index (χ2v) is 8.80. The topological polar surface area (TPSA) is 81.3 Å². The number of amides is 2. The van der Waals surface area contributed by atoms with Crippen molar-refractivity contribution in [3.8, 4) is 0 Å². The number of hydrogen-bond acceptors (Lipinski definition) is 4. The highest BCUT2D eigenvalue weighted by molar-refractivity contribution is 5.81. The van der Waals surface area contributed by atoms with Crippen LogP contribution in [0, 0.1) is 25.7 Å². The van der Waals surface area contributed by atoms with E-state index in [2.05, 4.69) is 25.3 Å². The van der Waals surface area contributed by atoms with E-state index in [0.717, 1.165) is 81.7 Å². The molecule has 0 spiro atoms. The largest absolute Gasteiger partial charge is 0.352 e. The van der Waals surface area contributed by atoms with Crippen LogP contribution in [0.3, 0.4) is 0 Å². The maximum atomic E-state index is 12.7. The van der Waals surface area contributed by atoms with Gasteiger partial charge in [0.15, 0.2) is 0 Å². The van der Waals surface area contributed by atoms with E-state index in [4.69, 9.17) is 0 Å². The molecule has 3 fully saturated rings. The van der Waals surface area contributed by atoms with Crippen LogP contribution >= 0.6 is 0 Å². The van der Waals surface area contributed by atoms with Gasteiger partial charge < -0.3 is 10.2 Å². The van der Waals surface area contributed by atoms with Crippen molar-refractivity contribution in [2.24, 2.45) is 11.8 Å². The van der Waals surface area contributed by atoms with Gasteiger partial charge in [-0.15, -0.1) is 0 Å². The van der Waals surface area contributed by atoms with Gasteiger partial charge in [0.25, 0.3) is 0 Å². The maximum Gasteiger partial charge on any atom is 0.225 e. The third-order valence-corrected chi connectivity index (χ3v) is 6.76. The van der Waals surface area contributed by atoms with Crippen LogP contribution in [0.2, 0.25) is 0 Å². The fraction of sp³-hybridized carbons (Fsp3) is 0.762. The number of H-pyrrole nitrogens is 1. The molecule has 1 aromatic rings.